The Morgan fingerprint density at radius 1 is 1.47 bits per heavy atom. The number of amides is 1. The summed E-state index contributed by atoms with van der Waals surface area (Å²) in [5, 5.41) is 11.7. The predicted octanol–water partition coefficient (Wildman–Crippen LogP) is 2.44. The van der Waals surface area contributed by atoms with Crippen molar-refractivity contribution in [3.63, 3.8) is 0 Å². The van der Waals surface area contributed by atoms with Crippen LogP contribution >= 0.6 is 15.9 Å². The monoisotopic (exact) mass is 329 g/mol. The number of ether oxygens (including phenoxy) is 1. The summed E-state index contributed by atoms with van der Waals surface area (Å²) in [5.41, 5.74) is 0.0960. The minimum atomic E-state index is -1.06. The Labute approximate surface area is 120 Å². The fourth-order valence-electron chi connectivity index (χ4n) is 1.39. The molecule has 0 saturated heterocycles. The Morgan fingerprint density at radius 3 is 2.74 bits per heavy atom. The Hall–Kier alpha value is -1.56. The molecule has 0 aromatic heterocycles. The fraction of sp³-hybridized carbons (Fsp3) is 0.385. The second-order valence-corrected chi connectivity index (χ2v) is 4.85. The lowest BCUT2D eigenvalue weighted by molar-refractivity contribution is -0.127. The lowest BCUT2D eigenvalue weighted by Crippen LogP contribution is -2.36. The molecule has 1 aromatic rings. The van der Waals surface area contributed by atoms with E-state index < -0.39 is 12.1 Å². The van der Waals surface area contributed by atoms with Crippen molar-refractivity contribution in [1.29, 1.82) is 0 Å². The number of halogens is 1. The van der Waals surface area contributed by atoms with Crippen molar-refractivity contribution in [1.82, 2.24) is 5.32 Å². The third kappa shape index (κ3) is 4.55. The molecule has 0 bridgehead atoms. The molecule has 0 saturated carbocycles. The molecule has 19 heavy (non-hydrogen) atoms. The first-order chi connectivity index (χ1) is 8.95. The molecule has 0 aliphatic heterocycles. The standard InChI is InChI=1S/C13H16BrNO4/c1-3-6-15-12(16)8(2)19-9-4-5-11(14)10(7-9)13(17)18/h4-5,7-8H,3,6H2,1-2H3,(H,15,16)(H,17,18). The van der Waals surface area contributed by atoms with Crippen LogP contribution in [0.3, 0.4) is 0 Å². The van der Waals surface area contributed by atoms with Gasteiger partial charge in [0.1, 0.15) is 5.75 Å². The maximum Gasteiger partial charge on any atom is 0.336 e. The smallest absolute Gasteiger partial charge is 0.336 e. The van der Waals surface area contributed by atoms with Gasteiger partial charge in [-0.15, -0.1) is 0 Å². The van der Waals surface area contributed by atoms with Crippen LogP contribution in [0.25, 0.3) is 0 Å². The summed E-state index contributed by atoms with van der Waals surface area (Å²) in [5.74, 6) is -0.929. The number of rotatable bonds is 6. The number of carbonyl (C=O) groups excluding carboxylic acids is 1. The van der Waals surface area contributed by atoms with Crippen LogP contribution in [0, 0.1) is 0 Å². The first-order valence-electron chi connectivity index (χ1n) is 5.93. The molecule has 1 rings (SSSR count). The highest BCUT2D eigenvalue weighted by atomic mass is 79.9. The molecule has 6 heteroatoms. The van der Waals surface area contributed by atoms with E-state index in [0.717, 1.165) is 6.42 Å². The van der Waals surface area contributed by atoms with Gasteiger partial charge in [0, 0.05) is 11.0 Å². The van der Waals surface area contributed by atoms with Gasteiger partial charge in [0.25, 0.3) is 5.91 Å². The molecule has 104 valence electrons. The summed E-state index contributed by atoms with van der Waals surface area (Å²) in [6.07, 6.45) is 0.175. The van der Waals surface area contributed by atoms with Gasteiger partial charge >= 0.3 is 5.97 Å². The molecular formula is C13H16BrNO4. The average Bonchev–Trinajstić information content (AvgIpc) is 2.37. The molecule has 1 atom stereocenters. The summed E-state index contributed by atoms with van der Waals surface area (Å²) in [6.45, 7) is 4.17. The minimum Gasteiger partial charge on any atom is -0.481 e. The molecule has 2 N–H and O–H groups in total. The maximum atomic E-state index is 11.6. The fourth-order valence-corrected chi connectivity index (χ4v) is 1.81. The van der Waals surface area contributed by atoms with Gasteiger partial charge in [-0.05, 0) is 47.5 Å². The van der Waals surface area contributed by atoms with Crippen LogP contribution in [-0.2, 0) is 4.79 Å². The van der Waals surface area contributed by atoms with E-state index in [2.05, 4.69) is 21.2 Å². The third-order valence-electron chi connectivity index (χ3n) is 2.40. The molecule has 1 aromatic carbocycles. The van der Waals surface area contributed by atoms with Crippen molar-refractivity contribution in [2.45, 2.75) is 26.4 Å². The molecule has 0 aliphatic carbocycles. The zero-order chi connectivity index (χ0) is 14.4. The van der Waals surface area contributed by atoms with E-state index in [1.54, 1.807) is 19.1 Å². The second kappa shape index (κ2) is 7.13. The number of hydrogen-bond acceptors (Lipinski definition) is 3. The molecule has 1 amide bonds. The van der Waals surface area contributed by atoms with Crippen LogP contribution in [0.2, 0.25) is 0 Å². The number of carboxylic acids is 1. The van der Waals surface area contributed by atoms with E-state index in [1.807, 2.05) is 6.92 Å². The van der Waals surface area contributed by atoms with Crippen LogP contribution < -0.4 is 10.1 Å². The average molecular weight is 330 g/mol. The van der Waals surface area contributed by atoms with E-state index in [9.17, 15) is 9.59 Å². The topological polar surface area (TPSA) is 75.6 Å². The molecule has 5 nitrogen and oxygen atoms in total. The van der Waals surface area contributed by atoms with Crippen molar-refractivity contribution >= 4 is 27.8 Å². The number of carbonyl (C=O) groups is 2. The number of hydrogen-bond donors (Lipinski definition) is 2. The second-order valence-electron chi connectivity index (χ2n) is 4.00. The summed E-state index contributed by atoms with van der Waals surface area (Å²) in [6, 6.07) is 4.57. The normalized spacial score (nSPS) is 11.7. The zero-order valence-electron chi connectivity index (χ0n) is 10.8. The highest BCUT2D eigenvalue weighted by Gasteiger charge is 2.16. The van der Waals surface area contributed by atoms with Crippen LogP contribution in [0.15, 0.2) is 22.7 Å². The summed E-state index contributed by atoms with van der Waals surface area (Å²) in [7, 11) is 0. The van der Waals surface area contributed by atoms with Crippen LogP contribution in [0.1, 0.15) is 30.6 Å². The third-order valence-corrected chi connectivity index (χ3v) is 3.09. The van der Waals surface area contributed by atoms with Crippen molar-refractivity contribution in [2.24, 2.45) is 0 Å². The van der Waals surface area contributed by atoms with Gasteiger partial charge in [-0.1, -0.05) is 6.92 Å². The molecule has 0 radical (unpaired) electrons. The molecular weight excluding hydrogens is 314 g/mol. The largest absolute Gasteiger partial charge is 0.481 e. The van der Waals surface area contributed by atoms with Gasteiger partial charge in [0.05, 0.1) is 5.56 Å². The van der Waals surface area contributed by atoms with Crippen molar-refractivity contribution < 1.29 is 19.4 Å². The summed E-state index contributed by atoms with van der Waals surface area (Å²) >= 11 is 3.14. The molecule has 0 heterocycles. The number of benzene rings is 1. The van der Waals surface area contributed by atoms with Crippen LogP contribution in [0.4, 0.5) is 0 Å². The minimum absolute atomic E-state index is 0.0960. The van der Waals surface area contributed by atoms with Gasteiger partial charge in [-0.3, -0.25) is 4.79 Å². The predicted molar refractivity (Wildman–Crippen MR) is 74.5 cm³/mol. The first-order valence-corrected chi connectivity index (χ1v) is 6.72. The Kier molecular flexibility index (Phi) is 5.82. The first kappa shape index (κ1) is 15.5. The van der Waals surface area contributed by atoms with E-state index in [0.29, 0.717) is 16.8 Å². The Bertz CT molecular complexity index is 476. The van der Waals surface area contributed by atoms with Gasteiger partial charge in [-0.2, -0.15) is 0 Å². The lowest BCUT2D eigenvalue weighted by Gasteiger charge is -2.15. The quantitative estimate of drug-likeness (QED) is 0.840. The zero-order valence-corrected chi connectivity index (χ0v) is 12.4. The molecule has 0 aliphatic rings. The highest BCUT2D eigenvalue weighted by Crippen LogP contribution is 2.23. The maximum absolute atomic E-state index is 11.6. The van der Waals surface area contributed by atoms with Crippen molar-refractivity contribution in [3.05, 3.63) is 28.2 Å². The molecule has 0 spiro atoms. The number of nitrogens with one attached hydrogen (secondary N) is 1. The Morgan fingerprint density at radius 2 is 2.16 bits per heavy atom. The van der Waals surface area contributed by atoms with Gasteiger partial charge in [-0.25, -0.2) is 4.79 Å². The van der Waals surface area contributed by atoms with Gasteiger partial charge in [0.15, 0.2) is 6.10 Å². The van der Waals surface area contributed by atoms with Crippen molar-refractivity contribution in [3.8, 4) is 5.75 Å². The number of aromatic carboxylic acids is 1. The molecule has 0 fully saturated rings. The SMILES string of the molecule is CCCNC(=O)C(C)Oc1ccc(Br)c(C(=O)O)c1. The van der Waals surface area contributed by atoms with Crippen LogP contribution in [0.5, 0.6) is 5.75 Å². The van der Waals surface area contributed by atoms with E-state index in [1.165, 1.54) is 6.07 Å². The summed E-state index contributed by atoms with van der Waals surface area (Å²) < 4.78 is 5.89. The molecule has 1 unspecified atom stereocenters. The lowest BCUT2D eigenvalue weighted by atomic mass is 10.2. The van der Waals surface area contributed by atoms with Gasteiger partial charge < -0.3 is 15.2 Å². The van der Waals surface area contributed by atoms with E-state index in [4.69, 9.17) is 9.84 Å². The van der Waals surface area contributed by atoms with E-state index in [-0.39, 0.29) is 11.5 Å². The van der Waals surface area contributed by atoms with Crippen LogP contribution in [-0.4, -0.2) is 29.6 Å². The highest BCUT2D eigenvalue weighted by molar-refractivity contribution is 9.10. The van der Waals surface area contributed by atoms with Gasteiger partial charge in [0.2, 0.25) is 0 Å². The number of carboxylic acid groups (broad SMARTS) is 1. The van der Waals surface area contributed by atoms with Crippen molar-refractivity contribution in [2.75, 3.05) is 6.54 Å². The Balaban J connectivity index is 2.74. The van der Waals surface area contributed by atoms with E-state index >= 15 is 0 Å². The summed E-state index contributed by atoms with van der Waals surface area (Å²) in [4.78, 5) is 22.6.